The van der Waals surface area contributed by atoms with Gasteiger partial charge in [-0.2, -0.15) is 0 Å². The van der Waals surface area contributed by atoms with Gasteiger partial charge in [0.15, 0.2) is 0 Å². The number of rotatable bonds is 19. The molecule has 1 rings (SSSR count). The molecule has 0 spiro atoms. The Morgan fingerprint density at radius 2 is 1.00 bits per heavy atom. The Balaban J connectivity index is 1.90. The van der Waals surface area contributed by atoms with Gasteiger partial charge >= 0.3 is 5.97 Å². The fraction of sp³-hybridized carbons (Fsp3) is 0.967. The minimum absolute atomic E-state index is 0.0112. The summed E-state index contributed by atoms with van der Waals surface area (Å²) in [7, 11) is 2.19. The van der Waals surface area contributed by atoms with Gasteiger partial charge < -0.3 is 4.74 Å². The van der Waals surface area contributed by atoms with Crippen LogP contribution in [0.1, 0.15) is 163 Å². The predicted molar refractivity (Wildman–Crippen MR) is 144 cm³/mol. The summed E-state index contributed by atoms with van der Waals surface area (Å²) in [6.07, 6.45) is 25.7. The molecule has 0 aliphatic carbocycles. The van der Waals surface area contributed by atoms with Crippen LogP contribution in [0, 0.1) is 0 Å². The van der Waals surface area contributed by atoms with E-state index in [1.54, 1.807) is 0 Å². The lowest BCUT2D eigenvalue weighted by Gasteiger charge is -2.53. The average Bonchev–Trinajstić information content (AvgIpc) is 2.73. The number of esters is 1. The molecule has 0 aromatic heterocycles. The molecule has 1 fully saturated rings. The summed E-state index contributed by atoms with van der Waals surface area (Å²) in [5, 5.41) is 0. The van der Waals surface area contributed by atoms with Crippen LogP contribution in [0.2, 0.25) is 0 Å². The monoisotopic (exact) mass is 465 g/mol. The zero-order chi connectivity index (χ0) is 24.6. The Morgan fingerprint density at radius 1 is 0.667 bits per heavy atom. The maximum absolute atomic E-state index is 12.3. The van der Waals surface area contributed by atoms with Crippen molar-refractivity contribution in [3.8, 4) is 0 Å². The van der Waals surface area contributed by atoms with Crippen LogP contribution in [0.4, 0.5) is 0 Å². The number of ether oxygens (including phenoxy) is 1. The number of carbonyl (C=O) groups excluding carboxylic acids is 1. The summed E-state index contributed by atoms with van der Waals surface area (Å²) in [5.74, 6) is 0.0112. The lowest BCUT2D eigenvalue weighted by atomic mass is 9.79. The highest BCUT2D eigenvalue weighted by molar-refractivity contribution is 5.69. The molecule has 1 aliphatic heterocycles. The third-order valence-corrected chi connectivity index (χ3v) is 8.05. The first kappa shape index (κ1) is 30.5. The Morgan fingerprint density at radius 3 is 1.36 bits per heavy atom. The van der Waals surface area contributed by atoms with Crippen molar-refractivity contribution in [3.05, 3.63) is 0 Å². The van der Waals surface area contributed by atoms with E-state index in [-0.39, 0.29) is 23.2 Å². The largest absolute Gasteiger partial charge is 0.462 e. The molecule has 0 aromatic rings. The second-order valence-corrected chi connectivity index (χ2v) is 12.1. The number of unbranched alkanes of at least 4 members (excludes halogenated alkanes) is 16. The minimum Gasteiger partial charge on any atom is -0.462 e. The predicted octanol–water partition coefficient (Wildman–Crippen LogP) is 9.22. The topological polar surface area (TPSA) is 29.5 Å². The Hall–Kier alpha value is -0.570. The van der Waals surface area contributed by atoms with E-state index in [1.165, 1.54) is 96.3 Å². The quantitative estimate of drug-likeness (QED) is 0.141. The van der Waals surface area contributed by atoms with Crippen LogP contribution in [0.5, 0.6) is 0 Å². The molecule has 3 heteroatoms. The summed E-state index contributed by atoms with van der Waals surface area (Å²) in [5.41, 5.74) is 0.140. The number of likely N-dealkylation sites (tertiary alicyclic amines) is 1. The number of carbonyl (C=O) groups is 1. The van der Waals surface area contributed by atoms with E-state index in [0.29, 0.717) is 6.42 Å². The van der Waals surface area contributed by atoms with Crippen LogP contribution < -0.4 is 0 Å². The Labute approximate surface area is 207 Å². The van der Waals surface area contributed by atoms with Gasteiger partial charge in [-0.25, -0.2) is 0 Å². The van der Waals surface area contributed by atoms with Gasteiger partial charge in [-0.3, -0.25) is 9.69 Å². The van der Waals surface area contributed by atoms with Gasteiger partial charge in [0.05, 0.1) is 0 Å². The van der Waals surface area contributed by atoms with Gasteiger partial charge in [0.2, 0.25) is 0 Å². The van der Waals surface area contributed by atoms with E-state index in [4.69, 9.17) is 4.74 Å². The zero-order valence-corrected chi connectivity index (χ0v) is 23.5. The van der Waals surface area contributed by atoms with Crippen molar-refractivity contribution in [3.63, 3.8) is 0 Å². The van der Waals surface area contributed by atoms with Gasteiger partial charge in [-0.1, -0.05) is 110 Å². The molecule has 3 nitrogen and oxygen atoms in total. The maximum atomic E-state index is 12.3. The Bertz CT molecular complexity index is 482. The fourth-order valence-electron chi connectivity index (χ4n) is 5.60. The van der Waals surface area contributed by atoms with Crippen molar-refractivity contribution in [2.24, 2.45) is 0 Å². The van der Waals surface area contributed by atoms with Crippen molar-refractivity contribution in [1.29, 1.82) is 0 Å². The van der Waals surface area contributed by atoms with Crippen molar-refractivity contribution in [2.45, 2.75) is 180 Å². The SMILES string of the molecule is CCCCCCCCCCCCCCCCCCCC(=O)OC1CC(C)(C)N(C)C(C)(C)C1. The summed E-state index contributed by atoms with van der Waals surface area (Å²) in [6.45, 7) is 11.3. The van der Waals surface area contributed by atoms with E-state index in [1.807, 2.05) is 0 Å². The van der Waals surface area contributed by atoms with Crippen LogP contribution in [-0.4, -0.2) is 35.1 Å². The molecular weight excluding hydrogens is 406 g/mol. The molecule has 0 N–H and O–H groups in total. The lowest BCUT2D eigenvalue weighted by Crippen LogP contribution is -2.60. The van der Waals surface area contributed by atoms with Crippen molar-refractivity contribution in [1.82, 2.24) is 4.90 Å². The van der Waals surface area contributed by atoms with Gasteiger partial charge in [-0.15, -0.1) is 0 Å². The van der Waals surface area contributed by atoms with Crippen molar-refractivity contribution >= 4 is 5.97 Å². The van der Waals surface area contributed by atoms with Crippen LogP contribution in [0.3, 0.4) is 0 Å². The normalized spacial score (nSPS) is 18.5. The zero-order valence-electron chi connectivity index (χ0n) is 23.5. The molecule has 0 unspecified atom stereocenters. The summed E-state index contributed by atoms with van der Waals surface area (Å²) in [4.78, 5) is 14.8. The molecule has 0 aromatic carbocycles. The van der Waals surface area contributed by atoms with Crippen molar-refractivity contribution in [2.75, 3.05) is 7.05 Å². The lowest BCUT2D eigenvalue weighted by molar-refractivity contribution is -0.159. The molecule has 33 heavy (non-hydrogen) atoms. The molecule has 0 amide bonds. The molecule has 1 heterocycles. The first-order valence-corrected chi connectivity index (χ1v) is 14.6. The highest BCUT2D eigenvalue weighted by Crippen LogP contribution is 2.38. The van der Waals surface area contributed by atoms with E-state index in [9.17, 15) is 4.79 Å². The van der Waals surface area contributed by atoms with E-state index in [0.717, 1.165) is 25.7 Å². The molecule has 0 bridgehead atoms. The fourth-order valence-corrected chi connectivity index (χ4v) is 5.60. The third-order valence-electron chi connectivity index (χ3n) is 8.05. The average molecular weight is 466 g/mol. The first-order valence-electron chi connectivity index (χ1n) is 14.6. The summed E-state index contributed by atoms with van der Waals surface area (Å²) < 4.78 is 5.87. The maximum Gasteiger partial charge on any atom is 0.306 e. The second kappa shape index (κ2) is 17.0. The number of piperidine rings is 1. The molecule has 0 saturated carbocycles. The molecular formula is C30H59NO2. The van der Waals surface area contributed by atoms with Crippen LogP contribution in [0.25, 0.3) is 0 Å². The highest BCUT2D eigenvalue weighted by atomic mass is 16.5. The standard InChI is InChI=1S/C30H59NO2/c1-7-8-9-10-11-12-13-14-15-16-17-18-19-20-21-22-23-24-28(32)33-27-25-29(2,3)31(6)30(4,5)26-27/h27H,7-26H2,1-6H3. The van der Waals surface area contributed by atoms with Crippen LogP contribution in [0.15, 0.2) is 0 Å². The molecule has 1 saturated heterocycles. The van der Waals surface area contributed by atoms with Crippen LogP contribution >= 0.6 is 0 Å². The van der Waals surface area contributed by atoms with Gasteiger partial charge in [0.1, 0.15) is 6.10 Å². The van der Waals surface area contributed by atoms with E-state index >= 15 is 0 Å². The summed E-state index contributed by atoms with van der Waals surface area (Å²) in [6, 6.07) is 0. The second-order valence-electron chi connectivity index (χ2n) is 12.1. The first-order chi connectivity index (χ1) is 15.7. The third kappa shape index (κ3) is 13.8. The summed E-state index contributed by atoms with van der Waals surface area (Å²) >= 11 is 0. The number of hydrogen-bond acceptors (Lipinski definition) is 3. The minimum atomic E-state index is 0.0112. The number of hydrogen-bond donors (Lipinski definition) is 0. The van der Waals surface area contributed by atoms with E-state index < -0.39 is 0 Å². The molecule has 0 radical (unpaired) electrons. The molecule has 0 atom stereocenters. The number of nitrogens with zero attached hydrogens (tertiary/aromatic N) is 1. The van der Waals surface area contributed by atoms with Crippen molar-refractivity contribution < 1.29 is 9.53 Å². The molecule has 1 aliphatic rings. The van der Waals surface area contributed by atoms with Crippen LogP contribution in [-0.2, 0) is 9.53 Å². The smallest absolute Gasteiger partial charge is 0.306 e. The Kier molecular flexibility index (Phi) is 15.7. The van der Waals surface area contributed by atoms with Gasteiger partial charge in [0, 0.05) is 30.3 Å². The van der Waals surface area contributed by atoms with E-state index in [2.05, 4.69) is 46.6 Å². The molecule has 196 valence electrons. The van der Waals surface area contributed by atoms with Gasteiger partial charge in [0.25, 0.3) is 0 Å². The highest BCUT2D eigenvalue weighted by Gasteiger charge is 2.44. The van der Waals surface area contributed by atoms with Gasteiger partial charge in [-0.05, 0) is 41.2 Å².